The van der Waals surface area contributed by atoms with Crippen molar-refractivity contribution in [2.24, 2.45) is 0 Å². The summed E-state index contributed by atoms with van der Waals surface area (Å²) in [5.74, 6) is 0. The Kier molecular flexibility index (Phi) is 5.37. The highest BCUT2D eigenvalue weighted by atomic mass is 16.6. The van der Waals surface area contributed by atoms with Crippen molar-refractivity contribution in [1.82, 2.24) is 5.32 Å². The van der Waals surface area contributed by atoms with E-state index in [1.54, 1.807) is 0 Å². The van der Waals surface area contributed by atoms with Crippen LogP contribution in [0.2, 0.25) is 0 Å². The second-order valence-corrected chi connectivity index (χ2v) is 3.54. The molecule has 0 aromatic rings. The lowest BCUT2D eigenvalue weighted by Crippen LogP contribution is -2.26. The first-order chi connectivity index (χ1) is 6.83. The van der Waals surface area contributed by atoms with Gasteiger partial charge in [0.2, 0.25) is 0 Å². The molecule has 1 amide bonds. The molecule has 4 nitrogen and oxygen atoms in total. The van der Waals surface area contributed by atoms with E-state index >= 15 is 0 Å². The molecule has 1 aliphatic heterocycles. The van der Waals surface area contributed by atoms with Crippen molar-refractivity contribution >= 4 is 6.09 Å². The molecule has 82 valence electrons. The number of ether oxygens (including phenoxy) is 2. The van der Waals surface area contributed by atoms with Gasteiger partial charge in [-0.1, -0.05) is 26.2 Å². The first-order valence-electron chi connectivity index (χ1n) is 5.35. The highest BCUT2D eigenvalue weighted by Crippen LogP contribution is 2.08. The van der Waals surface area contributed by atoms with Gasteiger partial charge in [-0.2, -0.15) is 0 Å². The number of alkyl carbamates (subject to hydrolysis) is 1. The zero-order valence-corrected chi connectivity index (χ0v) is 8.75. The maximum Gasteiger partial charge on any atom is 0.407 e. The van der Waals surface area contributed by atoms with Crippen LogP contribution < -0.4 is 5.32 Å². The maximum absolute atomic E-state index is 11.0. The van der Waals surface area contributed by atoms with Gasteiger partial charge in [0.05, 0.1) is 6.61 Å². The summed E-state index contributed by atoms with van der Waals surface area (Å²) in [6.45, 7) is 3.99. The minimum atomic E-state index is -0.322. The molecule has 1 N–H and O–H groups in total. The first kappa shape index (κ1) is 11.3. The van der Waals surface area contributed by atoms with Crippen molar-refractivity contribution < 1.29 is 14.3 Å². The van der Waals surface area contributed by atoms with Crippen LogP contribution in [0.1, 0.15) is 32.6 Å². The maximum atomic E-state index is 11.0. The van der Waals surface area contributed by atoms with Gasteiger partial charge in [-0.05, 0) is 6.42 Å². The molecule has 1 heterocycles. The number of carbonyl (C=O) groups is 1. The molecule has 0 saturated carbocycles. The normalized spacial score (nSPS) is 19.1. The molecule has 4 heteroatoms. The highest BCUT2D eigenvalue weighted by molar-refractivity contribution is 5.67. The van der Waals surface area contributed by atoms with Gasteiger partial charge in [-0.15, -0.1) is 0 Å². The van der Waals surface area contributed by atoms with Crippen molar-refractivity contribution in [3.63, 3.8) is 0 Å². The number of unbranched alkanes of at least 4 members (excludes halogenated alkanes) is 3. The average Bonchev–Trinajstić information content (AvgIpc) is 2.98. The van der Waals surface area contributed by atoms with Gasteiger partial charge in [0.15, 0.2) is 0 Å². The number of hydrogen-bond acceptors (Lipinski definition) is 3. The molecule has 0 aromatic carbocycles. The van der Waals surface area contributed by atoms with Crippen molar-refractivity contribution in [2.75, 3.05) is 19.8 Å². The lowest BCUT2D eigenvalue weighted by Gasteiger charge is -2.04. The van der Waals surface area contributed by atoms with Gasteiger partial charge in [-0.25, -0.2) is 4.79 Å². The van der Waals surface area contributed by atoms with Crippen molar-refractivity contribution in [2.45, 2.75) is 38.7 Å². The van der Waals surface area contributed by atoms with Crippen LogP contribution in [0.15, 0.2) is 0 Å². The fraction of sp³-hybridized carbons (Fsp3) is 0.900. The van der Waals surface area contributed by atoms with Crippen LogP contribution in [-0.2, 0) is 9.47 Å². The fourth-order valence-electron chi connectivity index (χ4n) is 1.13. The Balaban J connectivity index is 1.81. The summed E-state index contributed by atoms with van der Waals surface area (Å²) in [6, 6.07) is 0. The van der Waals surface area contributed by atoms with Gasteiger partial charge in [0.25, 0.3) is 0 Å². The van der Waals surface area contributed by atoms with E-state index < -0.39 is 0 Å². The molecule has 0 radical (unpaired) electrons. The van der Waals surface area contributed by atoms with Crippen LogP contribution >= 0.6 is 0 Å². The van der Waals surface area contributed by atoms with Crippen molar-refractivity contribution in [1.29, 1.82) is 0 Å². The predicted octanol–water partition coefficient (Wildman–Crippen LogP) is 1.69. The lowest BCUT2D eigenvalue weighted by atomic mass is 10.2. The van der Waals surface area contributed by atoms with Crippen molar-refractivity contribution in [3.05, 3.63) is 0 Å². The van der Waals surface area contributed by atoms with Crippen LogP contribution in [0.4, 0.5) is 4.79 Å². The second-order valence-electron chi connectivity index (χ2n) is 3.54. The minimum absolute atomic E-state index is 0.154. The quantitative estimate of drug-likeness (QED) is 0.503. The monoisotopic (exact) mass is 201 g/mol. The Bertz CT molecular complexity index is 169. The molecule has 1 fully saturated rings. The summed E-state index contributed by atoms with van der Waals surface area (Å²) in [6.07, 6.45) is 4.47. The number of carbonyl (C=O) groups excluding carboxylic acids is 1. The number of rotatable bonds is 7. The molecular weight excluding hydrogens is 182 g/mol. The molecule has 0 bridgehead atoms. The Morgan fingerprint density at radius 2 is 2.29 bits per heavy atom. The molecule has 1 aliphatic rings. The molecule has 0 aromatic heterocycles. The second kappa shape index (κ2) is 6.65. The molecular formula is C10H19NO3. The average molecular weight is 201 g/mol. The molecule has 14 heavy (non-hydrogen) atoms. The Morgan fingerprint density at radius 1 is 1.50 bits per heavy atom. The fourth-order valence-corrected chi connectivity index (χ4v) is 1.13. The molecule has 1 unspecified atom stereocenters. The van der Waals surface area contributed by atoms with E-state index in [1.165, 1.54) is 19.3 Å². The number of amides is 1. The van der Waals surface area contributed by atoms with Crippen LogP contribution in [0.25, 0.3) is 0 Å². The summed E-state index contributed by atoms with van der Waals surface area (Å²) in [4.78, 5) is 11.0. The van der Waals surface area contributed by atoms with Gasteiger partial charge in [0, 0.05) is 6.54 Å². The molecule has 1 atom stereocenters. The van der Waals surface area contributed by atoms with E-state index in [-0.39, 0.29) is 12.2 Å². The van der Waals surface area contributed by atoms with E-state index in [0.29, 0.717) is 13.2 Å². The SMILES string of the molecule is CCCCCCNC(=O)OCC1CO1. The third-order valence-electron chi connectivity index (χ3n) is 2.10. The van der Waals surface area contributed by atoms with Crippen LogP contribution in [0, 0.1) is 0 Å². The Morgan fingerprint density at radius 3 is 2.93 bits per heavy atom. The Labute approximate surface area is 85.0 Å². The number of epoxide rings is 1. The van der Waals surface area contributed by atoms with E-state index in [9.17, 15) is 4.79 Å². The summed E-state index contributed by atoms with van der Waals surface area (Å²) in [5, 5.41) is 2.71. The van der Waals surface area contributed by atoms with Crippen LogP contribution in [0.3, 0.4) is 0 Å². The molecule has 0 spiro atoms. The van der Waals surface area contributed by atoms with Gasteiger partial charge >= 0.3 is 6.09 Å². The number of hydrogen-bond donors (Lipinski definition) is 1. The summed E-state index contributed by atoms with van der Waals surface area (Å²) in [5.41, 5.74) is 0. The largest absolute Gasteiger partial charge is 0.447 e. The molecule has 0 aliphatic carbocycles. The van der Waals surface area contributed by atoms with Gasteiger partial charge in [0.1, 0.15) is 12.7 Å². The zero-order valence-electron chi connectivity index (χ0n) is 8.75. The zero-order chi connectivity index (χ0) is 10.2. The molecule has 1 saturated heterocycles. The van der Waals surface area contributed by atoms with E-state index in [0.717, 1.165) is 13.0 Å². The van der Waals surface area contributed by atoms with Gasteiger partial charge < -0.3 is 14.8 Å². The van der Waals surface area contributed by atoms with Crippen LogP contribution in [-0.4, -0.2) is 32.0 Å². The van der Waals surface area contributed by atoms with Gasteiger partial charge in [-0.3, -0.25) is 0 Å². The smallest absolute Gasteiger partial charge is 0.407 e. The van der Waals surface area contributed by atoms with E-state index in [4.69, 9.17) is 9.47 Å². The summed E-state index contributed by atoms with van der Waals surface area (Å²) < 4.78 is 9.81. The topological polar surface area (TPSA) is 50.9 Å². The lowest BCUT2D eigenvalue weighted by molar-refractivity contribution is 0.136. The standard InChI is InChI=1S/C10H19NO3/c1-2-3-4-5-6-11-10(12)14-8-9-7-13-9/h9H,2-8H2,1H3,(H,11,12). The van der Waals surface area contributed by atoms with E-state index in [2.05, 4.69) is 12.2 Å². The summed E-state index contributed by atoms with van der Waals surface area (Å²) >= 11 is 0. The molecule has 1 rings (SSSR count). The van der Waals surface area contributed by atoms with E-state index in [1.807, 2.05) is 0 Å². The Hall–Kier alpha value is -0.770. The number of nitrogens with one attached hydrogen (secondary N) is 1. The minimum Gasteiger partial charge on any atom is -0.447 e. The predicted molar refractivity (Wildman–Crippen MR) is 53.2 cm³/mol. The highest BCUT2D eigenvalue weighted by Gasteiger charge is 2.23. The third-order valence-corrected chi connectivity index (χ3v) is 2.10. The third kappa shape index (κ3) is 5.80. The van der Waals surface area contributed by atoms with Crippen molar-refractivity contribution in [3.8, 4) is 0 Å². The van der Waals surface area contributed by atoms with Crippen LogP contribution in [0.5, 0.6) is 0 Å². The summed E-state index contributed by atoms with van der Waals surface area (Å²) in [7, 11) is 0. The first-order valence-corrected chi connectivity index (χ1v) is 5.35.